The molecule has 3 nitrogen and oxygen atoms in total. The molecule has 1 unspecified atom stereocenters. The normalized spacial score (nSPS) is 18.5. The highest BCUT2D eigenvalue weighted by Gasteiger charge is 2.22. The number of benzene rings is 1. The number of halogens is 3. The first-order valence-corrected chi connectivity index (χ1v) is 7.70. The number of rotatable bonds is 4. The molecule has 0 saturated carbocycles. The summed E-state index contributed by atoms with van der Waals surface area (Å²) < 4.78 is 26.5. The van der Waals surface area contributed by atoms with Crippen molar-refractivity contribution in [1.29, 1.82) is 0 Å². The molecule has 1 aliphatic heterocycles. The topological polar surface area (TPSA) is 28.2 Å². The van der Waals surface area contributed by atoms with Gasteiger partial charge in [-0.2, -0.15) is 0 Å². The van der Waals surface area contributed by atoms with Gasteiger partial charge in [0.05, 0.1) is 0 Å². The lowest BCUT2D eigenvalue weighted by Gasteiger charge is -2.35. The third kappa shape index (κ3) is 4.60. The van der Waals surface area contributed by atoms with E-state index in [1.807, 2.05) is 18.3 Å². The van der Waals surface area contributed by atoms with Crippen molar-refractivity contribution in [3.8, 4) is 0 Å². The summed E-state index contributed by atoms with van der Waals surface area (Å²) in [5, 5.41) is 3.39. The van der Waals surface area contributed by atoms with Gasteiger partial charge in [-0.1, -0.05) is 18.2 Å². The molecule has 24 heavy (non-hydrogen) atoms. The average Bonchev–Trinajstić information content (AvgIpc) is 2.58. The van der Waals surface area contributed by atoms with E-state index in [2.05, 4.69) is 21.3 Å². The van der Waals surface area contributed by atoms with Crippen molar-refractivity contribution in [1.82, 2.24) is 15.2 Å². The van der Waals surface area contributed by atoms with Crippen molar-refractivity contribution in [2.24, 2.45) is 0 Å². The van der Waals surface area contributed by atoms with Gasteiger partial charge < -0.3 is 5.32 Å². The third-order valence-corrected chi connectivity index (χ3v) is 4.02. The van der Waals surface area contributed by atoms with Crippen LogP contribution in [-0.4, -0.2) is 36.1 Å². The van der Waals surface area contributed by atoms with Crippen molar-refractivity contribution in [2.75, 3.05) is 26.2 Å². The molecule has 3 rings (SSSR count). The van der Waals surface area contributed by atoms with Crippen molar-refractivity contribution in [3.63, 3.8) is 0 Å². The molecule has 0 aliphatic carbocycles. The van der Waals surface area contributed by atoms with Crippen LogP contribution >= 0.6 is 12.4 Å². The Balaban J connectivity index is 0.00000208. The van der Waals surface area contributed by atoms with Gasteiger partial charge in [-0.3, -0.25) is 9.88 Å². The molecule has 6 heteroatoms. The Labute approximate surface area is 146 Å². The fourth-order valence-corrected chi connectivity index (χ4v) is 2.82. The summed E-state index contributed by atoms with van der Waals surface area (Å²) in [6, 6.07) is 7.89. The van der Waals surface area contributed by atoms with E-state index >= 15 is 0 Å². The molecule has 1 fully saturated rings. The van der Waals surface area contributed by atoms with E-state index in [1.165, 1.54) is 17.7 Å². The average molecular weight is 352 g/mol. The van der Waals surface area contributed by atoms with E-state index in [0.717, 1.165) is 25.7 Å². The van der Waals surface area contributed by atoms with E-state index in [1.54, 1.807) is 12.3 Å². The van der Waals surface area contributed by atoms with Crippen LogP contribution in [0.5, 0.6) is 0 Å². The summed E-state index contributed by atoms with van der Waals surface area (Å²) in [7, 11) is 0. The molecule has 0 radical (unpaired) electrons. The lowest BCUT2D eigenvalue weighted by molar-refractivity contribution is 0.180. The molecule has 1 atom stereocenters. The maximum atomic E-state index is 13.6. The number of hydrogen-bond donors (Lipinski definition) is 1. The number of piperazine rings is 1. The second kappa shape index (κ2) is 8.87. The second-order valence-electron chi connectivity index (χ2n) is 5.57. The molecule has 1 saturated heterocycles. The smallest absolute Gasteiger partial charge is 0.133 e. The Morgan fingerprint density at radius 2 is 2.17 bits per heavy atom. The van der Waals surface area contributed by atoms with Gasteiger partial charge in [0, 0.05) is 56.2 Å². The Morgan fingerprint density at radius 1 is 1.29 bits per heavy atom. The van der Waals surface area contributed by atoms with E-state index in [0.29, 0.717) is 12.1 Å². The molecule has 1 aliphatic rings. The van der Waals surface area contributed by atoms with Crippen LogP contribution in [0.15, 0.2) is 48.8 Å². The molecular weight excluding hydrogens is 332 g/mol. The number of nitrogens with zero attached hydrogens (tertiary/aromatic N) is 2. The lowest BCUT2D eigenvalue weighted by Crippen LogP contribution is -2.45. The van der Waals surface area contributed by atoms with Crippen molar-refractivity contribution >= 4 is 18.5 Å². The molecule has 0 bridgehead atoms. The van der Waals surface area contributed by atoms with Crippen LogP contribution in [0, 0.1) is 11.6 Å². The summed E-state index contributed by atoms with van der Waals surface area (Å²) in [5.41, 5.74) is 1.57. The Hall–Kier alpha value is -1.82. The zero-order valence-corrected chi connectivity index (χ0v) is 14.0. The minimum atomic E-state index is -0.557. The van der Waals surface area contributed by atoms with Crippen molar-refractivity contribution in [3.05, 3.63) is 71.6 Å². The third-order valence-electron chi connectivity index (χ3n) is 4.02. The van der Waals surface area contributed by atoms with E-state index < -0.39 is 11.6 Å². The van der Waals surface area contributed by atoms with Gasteiger partial charge in [0.25, 0.3) is 0 Å². The van der Waals surface area contributed by atoms with Gasteiger partial charge >= 0.3 is 0 Å². The first-order valence-electron chi connectivity index (χ1n) is 7.70. The van der Waals surface area contributed by atoms with Crippen LogP contribution in [0.2, 0.25) is 0 Å². The van der Waals surface area contributed by atoms with Gasteiger partial charge in [0.1, 0.15) is 11.6 Å². The predicted molar refractivity (Wildman–Crippen MR) is 94.1 cm³/mol. The summed E-state index contributed by atoms with van der Waals surface area (Å²) in [6.45, 7) is 3.41. The molecule has 2 heterocycles. The minimum absolute atomic E-state index is 0. The molecule has 1 aromatic heterocycles. The fraction of sp³-hybridized carbons (Fsp3) is 0.278. The van der Waals surface area contributed by atoms with Gasteiger partial charge in [-0.05, 0) is 23.8 Å². The van der Waals surface area contributed by atoms with E-state index in [9.17, 15) is 8.78 Å². The van der Waals surface area contributed by atoms with E-state index in [-0.39, 0.29) is 18.4 Å². The standard InChI is InChI=1S/C18H19F2N3.ClH/c19-16-6-5-14(17(20)11-16)4-2-9-23-10-8-22-13-18(23)15-3-1-7-21-12-15;/h1-7,11-12,18,22H,8-10,13H2;1H/b4-2+;. The first-order chi connectivity index (χ1) is 11.2. The SMILES string of the molecule is Cl.Fc1ccc(/C=C/CN2CCNCC2c2cccnc2)c(F)c1. The molecule has 128 valence electrons. The molecule has 0 spiro atoms. The molecule has 2 aromatic rings. The number of pyridine rings is 1. The molecule has 0 amide bonds. The Kier molecular flexibility index (Phi) is 6.85. The number of hydrogen-bond acceptors (Lipinski definition) is 3. The second-order valence-corrected chi connectivity index (χ2v) is 5.57. The minimum Gasteiger partial charge on any atom is -0.314 e. The molecule has 1 N–H and O–H groups in total. The highest BCUT2D eigenvalue weighted by Crippen LogP contribution is 2.21. The fourth-order valence-electron chi connectivity index (χ4n) is 2.82. The van der Waals surface area contributed by atoms with Gasteiger partial charge in [0.2, 0.25) is 0 Å². The van der Waals surface area contributed by atoms with Crippen LogP contribution < -0.4 is 5.32 Å². The van der Waals surface area contributed by atoms with Crippen LogP contribution in [0.1, 0.15) is 17.2 Å². The van der Waals surface area contributed by atoms with Gasteiger partial charge in [-0.15, -0.1) is 12.4 Å². The van der Waals surface area contributed by atoms with Crippen LogP contribution in [-0.2, 0) is 0 Å². The summed E-state index contributed by atoms with van der Waals surface area (Å²) in [4.78, 5) is 6.51. The maximum absolute atomic E-state index is 13.6. The van der Waals surface area contributed by atoms with Gasteiger partial charge in [0.15, 0.2) is 0 Å². The zero-order chi connectivity index (χ0) is 16.1. The molecular formula is C18H20ClF2N3. The quantitative estimate of drug-likeness (QED) is 0.914. The maximum Gasteiger partial charge on any atom is 0.133 e. The number of aromatic nitrogens is 1. The number of nitrogens with one attached hydrogen (secondary N) is 1. The molecule has 1 aromatic carbocycles. The van der Waals surface area contributed by atoms with E-state index in [4.69, 9.17) is 0 Å². The predicted octanol–water partition coefficient (Wildman–Crippen LogP) is 3.44. The van der Waals surface area contributed by atoms with Crippen LogP contribution in [0.3, 0.4) is 0 Å². The largest absolute Gasteiger partial charge is 0.314 e. The van der Waals surface area contributed by atoms with Crippen LogP contribution in [0.4, 0.5) is 8.78 Å². The van der Waals surface area contributed by atoms with Crippen LogP contribution in [0.25, 0.3) is 6.08 Å². The first kappa shape index (κ1) is 18.5. The summed E-state index contributed by atoms with van der Waals surface area (Å²) in [6.07, 6.45) is 7.28. The van der Waals surface area contributed by atoms with Crippen molar-refractivity contribution < 1.29 is 8.78 Å². The zero-order valence-electron chi connectivity index (χ0n) is 13.2. The highest BCUT2D eigenvalue weighted by molar-refractivity contribution is 5.85. The highest BCUT2D eigenvalue weighted by atomic mass is 35.5. The Morgan fingerprint density at radius 3 is 2.92 bits per heavy atom. The van der Waals surface area contributed by atoms with Gasteiger partial charge in [-0.25, -0.2) is 8.78 Å². The lowest BCUT2D eigenvalue weighted by atomic mass is 10.1. The van der Waals surface area contributed by atoms with Crippen molar-refractivity contribution in [2.45, 2.75) is 6.04 Å². The summed E-state index contributed by atoms with van der Waals surface area (Å²) in [5.74, 6) is -1.09. The monoisotopic (exact) mass is 351 g/mol. The summed E-state index contributed by atoms with van der Waals surface area (Å²) >= 11 is 0. The Bertz CT molecular complexity index is 679.